The zero-order valence-corrected chi connectivity index (χ0v) is 20.5. The maximum Gasteiger partial charge on any atom is 0.412 e. The average Bonchev–Trinajstić information content (AvgIpc) is 3.53. The van der Waals surface area contributed by atoms with E-state index >= 15 is 0 Å². The van der Waals surface area contributed by atoms with Gasteiger partial charge in [-0.2, -0.15) is 5.26 Å². The zero-order valence-electron chi connectivity index (χ0n) is 19.7. The molecule has 0 bridgehead atoms. The zero-order chi connectivity index (χ0) is 25.8. The largest absolute Gasteiger partial charge is 0.481 e. The van der Waals surface area contributed by atoms with Crippen LogP contribution in [0, 0.1) is 23.2 Å². The Balaban J connectivity index is 1.40. The SMILES string of the molecule is CC(OC(=O)Nc1c(-c2ccc(CNC3CC3C(C)C(=O)O)cc2)noc1C#N)c1ccccc1Cl. The lowest BCUT2D eigenvalue weighted by atomic mass is 10.1. The number of carbonyl (C=O) groups is 2. The lowest BCUT2D eigenvalue weighted by molar-refractivity contribution is -0.141. The highest BCUT2D eigenvalue weighted by atomic mass is 35.5. The van der Waals surface area contributed by atoms with Gasteiger partial charge in [-0.3, -0.25) is 10.1 Å². The quantitative estimate of drug-likeness (QED) is 0.350. The van der Waals surface area contributed by atoms with Gasteiger partial charge in [-0.1, -0.05) is 66.1 Å². The number of carboxylic acids is 1. The van der Waals surface area contributed by atoms with Crippen molar-refractivity contribution in [1.82, 2.24) is 10.5 Å². The first-order valence-electron chi connectivity index (χ1n) is 11.5. The van der Waals surface area contributed by atoms with Gasteiger partial charge in [0.2, 0.25) is 0 Å². The maximum absolute atomic E-state index is 12.6. The molecule has 3 aromatic rings. The molecular weight excluding hydrogens is 484 g/mol. The molecule has 0 saturated heterocycles. The molecule has 4 rings (SSSR count). The summed E-state index contributed by atoms with van der Waals surface area (Å²) in [6.07, 6.45) is -0.551. The van der Waals surface area contributed by atoms with Crippen molar-refractivity contribution in [3.05, 3.63) is 70.4 Å². The molecule has 2 aromatic carbocycles. The minimum Gasteiger partial charge on any atom is -0.481 e. The van der Waals surface area contributed by atoms with Crippen LogP contribution in [0.1, 0.15) is 43.3 Å². The Bertz CT molecular complexity index is 1300. The topological polar surface area (TPSA) is 137 Å². The van der Waals surface area contributed by atoms with Crippen LogP contribution < -0.4 is 10.6 Å². The number of carboxylic acid groups (broad SMARTS) is 1. The third-order valence-corrected chi connectivity index (χ3v) is 6.66. The molecule has 1 aliphatic carbocycles. The van der Waals surface area contributed by atoms with Crippen molar-refractivity contribution in [1.29, 1.82) is 5.26 Å². The van der Waals surface area contributed by atoms with Crippen LogP contribution in [-0.2, 0) is 16.1 Å². The lowest BCUT2D eigenvalue weighted by Crippen LogP contribution is -2.22. The standard InChI is InChI=1S/C26H25ClN4O5/c1-14(25(32)33)19-11-21(19)29-13-16-7-9-17(10-8-16)23-24(22(12-28)36-31-23)30-26(34)35-15(2)18-5-3-4-6-20(18)27/h3-10,14-15,19,21,29H,11,13H2,1-2H3,(H,30,34)(H,32,33). The molecule has 1 aliphatic rings. The summed E-state index contributed by atoms with van der Waals surface area (Å²) in [5.74, 6) is -1.14. The second-order valence-corrected chi connectivity index (χ2v) is 9.16. The van der Waals surface area contributed by atoms with Gasteiger partial charge in [0.15, 0.2) is 0 Å². The molecule has 1 heterocycles. The van der Waals surface area contributed by atoms with Crippen LogP contribution in [0.3, 0.4) is 0 Å². The highest BCUT2D eigenvalue weighted by Gasteiger charge is 2.43. The van der Waals surface area contributed by atoms with Gasteiger partial charge in [0.1, 0.15) is 23.6 Å². The summed E-state index contributed by atoms with van der Waals surface area (Å²) < 4.78 is 10.6. The Morgan fingerprint density at radius 3 is 2.64 bits per heavy atom. The summed E-state index contributed by atoms with van der Waals surface area (Å²) in [7, 11) is 0. The predicted molar refractivity (Wildman–Crippen MR) is 132 cm³/mol. The summed E-state index contributed by atoms with van der Waals surface area (Å²) in [4.78, 5) is 23.7. The minimum atomic E-state index is -0.779. The van der Waals surface area contributed by atoms with E-state index in [-0.39, 0.29) is 29.3 Å². The number of nitriles is 1. The van der Waals surface area contributed by atoms with E-state index in [4.69, 9.17) is 26.0 Å². The first-order valence-corrected chi connectivity index (χ1v) is 11.8. The lowest BCUT2D eigenvalue weighted by Gasteiger charge is -2.15. The molecule has 4 unspecified atom stereocenters. The number of halogens is 1. The van der Waals surface area contributed by atoms with Crippen LogP contribution >= 0.6 is 11.6 Å². The van der Waals surface area contributed by atoms with Crippen LogP contribution in [-0.4, -0.2) is 28.4 Å². The summed E-state index contributed by atoms with van der Waals surface area (Å²) in [5, 5.41) is 28.9. The van der Waals surface area contributed by atoms with Crippen LogP contribution in [0.15, 0.2) is 53.1 Å². The van der Waals surface area contributed by atoms with E-state index in [0.29, 0.717) is 28.4 Å². The minimum absolute atomic E-state index is 0.114. The highest BCUT2D eigenvalue weighted by Crippen LogP contribution is 2.38. The molecule has 186 valence electrons. The number of amides is 1. The third-order valence-electron chi connectivity index (χ3n) is 6.31. The highest BCUT2D eigenvalue weighted by molar-refractivity contribution is 6.31. The van der Waals surface area contributed by atoms with Crippen molar-refractivity contribution in [2.24, 2.45) is 11.8 Å². The van der Waals surface area contributed by atoms with E-state index in [0.717, 1.165) is 12.0 Å². The molecule has 36 heavy (non-hydrogen) atoms. The Hall–Kier alpha value is -3.87. The first kappa shape index (κ1) is 25.2. The fourth-order valence-electron chi connectivity index (χ4n) is 4.05. The molecule has 1 amide bonds. The number of benzene rings is 2. The number of rotatable bonds is 9. The number of hydrogen-bond acceptors (Lipinski definition) is 7. The van der Waals surface area contributed by atoms with Gasteiger partial charge >= 0.3 is 12.1 Å². The number of aromatic nitrogens is 1. The third kappa shape index (κ3) is 5.67. The van der Waals surface area contributed by atoms with E-state index < -0.39 is 18.2 Å². The van der Waals surface area contributed by atoms with E-state index in [2.05, 4.69) is 15.8 Å². The van der Waals surface area contributed by atoms with Gasteiger partial charge in [0.25, 0.3) is 5.76 Å². The van der Waals surface area contributed by atoms with E-state index in [1.807, 2.05) is 30.3 Å². The summed E-state index contributed by atoms with van der Waals surface area (Å²) in [5.41, 5.74) is 2.70. The monoisotopic (exact) mass is 508 g/mol. The van der Waals surface area contributed by atoms with Crippen LogP contribution in [0.5, 0.6) is 0 Å². The van der Waals surface area contributed by atoms with Crippen LogP contribution in [0.4, 0.5) is 10.5 Å². The average molecular weight is 509 g/mol. The molecule has 10 heteroatoms. The summed E-state index contributed by atoms with van der Waals surface area (Å²) >= 11 is 6.18. The Morgan fingerprint density at radius 1 is 1.25 bits per heavy atom. The fraction of sp³-hybridized carbons (Fsp3) is 0.308. The Kier molecular flexibility index (Phi) is 7.58. The van der Waals surface area contributed by atoms with Crippen molar-refractivity contribution in [3.8, 4) is 17.3 Å². The molecule has 0 spiro atoms. The summed E-state index contributed by atoms with van der Waals surface area (Å²) in [6, 6.07) is 16.5. The van der Waals surface area contributed by atoms with E-state index in [1.165, 1.54) is 0 Å². The molecule has 0 radical (unpaired) electrons. The van der Waals surface area contributed by atoms with Crippen molar-refractivity contribution >= 4 is 29.4 Å². The van der Waals surface area contributed by atoms with Gasteiger partial charge in [-0.25, -0.2) is 4.79 Å². The molecular formula is C26H25ClN4O5. The van der Waals surface area contributed by atoms with Gasteiger partial charge in [0, 0.05) is 28.7 Å². The number of ether oxygens (including phenoxy) is 1. The fourth-order valence-corrected chi connectivity index (χ4v) is 4.34. The number of nitrogens with one attached hydrogen (secondary N) is 2. The molecule has 1 saturated carbocycles. The van der Waals surface area contributed by atoms with Crippen molar-refractivity contribution in [2.75, 3.05) is 5.32 Å². The van der Waals surface area contributed by atoms with E-state index in [9.17, 15) is 14.9 Å². The van der Waals surface area contributed by atoms with E-state index in [1.54, 1.807) is 38.1 Å². The van der Waals surface area contributed by atoms with Gasteiger partial charge < -0.3 is 19.7 Å². The second kappa shape index (κ2) is 10.8. The van der Waals surface area contributed by atoms with Crippen molar-refractivity contribution < 1.29 is 24.0 Å². The number of carbonyl (C=O) groups excluding carboxylic acids is 1. The molecule has 1 fully saturated rings. The molecule has 1 aromatic heterocycles. The normalized spacial score (nSPS) is 18.1. The van der Waals surface area contributed by atoms with Crippen molar-refractivity contribution in [2.45, 2.75) is 39.0 Å². The predicted octanol–water partition coefficient (Wildman–Crippen LogP) is 5.38. The molecule has 0 aliphatic heterocycles. The first-order chi connectivity index (χ1) is 17.3. The molecule has 4 atom stereocenters. The molecule has 9 nitrogen and oxygen atoms in total. The number of hydrogen-bond donors (Lipinski definition) is 3. The number of aliphatic carboxylic acids is 1. The summed E-state index contributed by atoms with van der Waals surface area (Å²) in [6.45, 7) is 4.02. The van der Waals surface area contributed by atoms with Gasteiger partial charge in [0.05, 0.1) is 5.92 Å². The van der Waals surface area contributed by atoms with Gasteiger partial charge in [-0.15, -0.1) is 0 Å². The smallest absolute Gasteiger partial charge is 0.412 e. The Labute approximate surface area is 213 Å². The number of nitrogens with zero attached hydrogens (tertiary/aromatic N) is 2. The van der Waals surface area contributed by atoms with Gasteiger partial charge in [-0.05, 0) is 30.9 Å². The number of anilines is 1. The molecule has 3 N–H and O–H groups in total. The Morgan fingerprint density at radius 2 is 1.97 bits per heavy atom. The van der Waals surface area contributed by atoms with Crippen LogP contribution in [0.25, 0.3) is 11.3 Å². The van der Waals surface area contributed by atoms with Crippen molar-refractivity contribution in [3.63, 3.8) is 0 Å². The van der Waals surface area contributed by atoms with Crippen LogP contribution in [0.2, 0.25) is 5.02 Å². The maximum atomic E-state index is 12.6. The second-order valence-electron chi connectivity index (χ2n) is 8.75.